The average Bonchev–Trinajstić information content (AvgIpc) is 3.11. The number of rotatable bonds is 6. The Bertz CT molecular complexity index is 672. The minimum absolute atomic E-state index is 0.255. The second kappa shape index (κ2) is 7.55. The van der Waals surface area contributed by atoms with Gasteiger partial charge >= 0.3 is 0 Å². The van der Waals surface area contributed by atoms with Crippen LogP contribution in [0, 0.1) is 0 Å². The Kier molecular flexibility index (Phi) is 5.41. The van der Waals surface area contributed by atoms with E-state index in [-0.39, 0.29) is 24.4 Å². The van der Waals surface area contributed by atoms with Crippen molar-refractivity contribution in [1.82, 2.24) is 0 Å². The van der Waals surface area contributed by atoms with Crippen molar-refractivity contribution in [2.75, 3.05) is 13.2 Å². The maximum absolute atomic E-state index is 6.15. The maximum atomic E-state index is 6.15. The topological polar surface area (TPSA) is 64.6 Å². The number of hydrogen-bond acceptors (Lipinski definition) is 7. The van der Waals surface area contributed by atoms with Crippen LogP contribution in [0.2, 0.25) is 0 Å². The van der Waals surface area contributed by atoms with E-state index < -0.39 is 17.9 Å². The van der Waals surface area contributed by atoms with Crippen LogP contribution in [0.5, 0.6) is 5.75 Å². The van der Waals surface area contributed by atoms with Gasteiger partial charge in [-0.25, -0.2) is 0 Å². The molecule has 5 atom stereocenters. The Labute approximate surface area is 166 Å². The van der Waals surface area contributed by atoms with Crippen molar-refractivity contribution in [2.45, 2.75) is 83.5 Å². The van der Waals surface area contributed by atoms with Gasteiger partial charge in [0.1, 0.15) is 30.2 Å². The maximum Gasteiger partial charge on any atom is 0.190 e. The number of fused-ring (bicyclic) bond motifs is 3. The normalized spacial score (nSPS) is 35.4. The lowest BCUT2D eigenvalue weighted by Gasteiger charge is -2.37. The molecular formula is C21H30O7. The highest BCUT2D eigenvalue weighted by atomic mass is 16.9. The van der Waals surface area contributed by atoms with Gasteiger partial charge in [0.2, 0.25) is 0 Å². The van der Waals surface area contributed by atoms with Crippen molar-refractivity contribution in [2.24, 2.45) is 0 Å². The predicted molar refractivity (Wildman–Crippen MR) is 99.8 cm³/mol. The second-order valence-electron chi connectivity index (χ2n) is 8.30. The third kappa shape index (κ3) is 4.20. The lowest BCUT2D eigenvalue weighted by Crippen LogP contribution is -2.56. The molecule has 0 saturated carbocycles. The molecule has 4 rings (SSSR count). The number of benzene rings is 1. The molecule has 0 spiro atoms. The van der Waals surface area contributed by atoms with Crippen LogP contribution in [-0.4, -0.2) is 55.5 Å². The first kappa shape index (κ1) is 20.1. The van der Waals surface area contributed by atoms with Crippen LogP contribution in [0.15, 0.2) is 24.3 Å². The van der Waals surface area contributed by atoms with Crippen LogP contribution in [0.1, 0.15) is 40.2 Å². The summed E-state index contributed by atoms with van der Waals surface area (Å²) in [4.78, 5) is 0. The van der Waals surface area contributed by atoms with Crippen molar-refractivity contribution in [3.8, 4) is 5.75 Å². The van der Waals surface area contributed by atoms with Crippen molar-refractivity contribution in [1.29, 1.82) is 0 Å². The molecule has 7 heteroatoms. The highest BCUT2D eigenvalue weighted by Crippen LogP contribution is 2.44. The van der Waals surface area contributed by atoms with Crippen molar-refractivity contribution in [3.05, 3.63) is 29.8 Å². The Hall–Kier alpha value is -1.22. The van der Waals surface area contributed by atoms with E-state index in [0.717, 1.165) is 11.3 Å². The lowest BCUT2D eigenvalue weighted by atomic mass is 9.99. The molecule has 1 aromatic carbocycles. The molecule has 3 aliphatic rings. The average molecular weight is 394 g/mol. The van der Waals surface area contributed by atoms with Crippen LogP contribution in [0.3, 0.4) is 0 Å². The summed E-state index contributed by atoms with van der Waals surface area (Å²) in [5.41, 5.74) is 1.07. The zero-order valence-corrected chi connectivity index (χ0v) is 17.2. The highest BCUT2D eigenvalue weighted by Gasteiger charge is 2.60. The second-order valence-corrected chi connectivity index (χ2v) is 8.30. The van der Waals surface area contributed by atoms with Gasteiger partial charge in [-0.05, 0) is 52.3 Å². The molecule has 0 bridgehead atoms. The largest absolute Gasteiger partial charge is 0.494 e. The van der Waals surface area contributed by atoms with E-state index in [1.807, 2.05) is 58.9 Å². The quantitative estimate of drug-likeness (QED) is 0.735. The zero-order chi connectivity index (χ0) is 19.9. The minimum Gasteiger partial charge on any atom is -0.494 e. The standard InChI is InChI=1S/C21H30O7/c1-6-23-14-9-7-13(8-10-14)11-22-12-15-16-17(26-20(2,3)25-16)18-19(24-15)28-21(4,5)27-18/h7-10,15-19H,6,11-12H2,1-5H3/t15-,16+,17-,18-,19+/m0/s1. The van der Waals surface area contributed by atoms with E-state index in [2.05, 4.69) is 0 Å². The Morgan fingerprint density at radius 2 is 1.50 bits per heavy atom. The van der Waals surface area contributed by atoms with Crippen LogP contribution in [0.4, 0.5) is 0 Å². The van der Waals surface area contributed by atoms with E-state index in [9.17, 15) is 0 Å². The molecule has 1 aromatic rings. The molecule has 3 saturated heterocycles. The third-order valence-corrected chi connectivity index (χ3v) is 5.04. The van der Waals surface area contributed by atoms with Gasteiger partial charge in [0, 0.05) is 0 Å². The molecule has 3 fully saturated rings. The molecule has 7 nitrogen and oxygen atoms in total. The first-order valence-corrected chi connectivity index (χ1v) is 9.92. The number of hydrogen-bond donors (Lipinski definition) is 0. The van der Waals surface area contributed by atoms with Crippen molar-refractivity contribution < 1.29 is 33.2 Å². The van der Waals surface area contributed by atoms with E-state index in [4.69, 9.17) is 33.2 Å². The fraction of sp³-hybridized carbons (Fsp3) is 0.714. The SMILES string of the molecule is CCOc1ccc(COC[C@@H]2O[C@@H]3OC(C)(C)O[C@H]3[C@H]3OC(C)(C)O[C@@H]32)cc1. The summed E-state index contributed by atoms with van der Waals surface area (Å²) in [5, 5.41) is 0. The van der Waals surface area contributed by atoms with E-state index in [0.29, 0.717) is 19.8 Å². The van der Waals surface area contributed by atoms with Crippen LogP contribution in [-0.2, 0) is 35.0 Å². The van der Waals surface area contributed by atoms with Gasteiger partial charge in [0.05, 0.1) is 19.8 Å². The van der Waals surface area contributed by atoms with Crippen LogP contribution < -0.4 is 4.74 Å². The van der Waals surface area contributed by atoms with Crippen molar-refractivity contribution in [3.63, 3.8) is 0 Å². The van der Waals surface area contributed by atoms with Gasteiger partial charge in [-0.1, -0.05) is 12.1 Å². The molecule has 3 heterocycles. The summed E-state index contributed by atoms with van der Waals surface area (Å²) in [6.07, 6.45) is -1.63. The smallest absolute Gasteiger partial charge is 0.190 e. The molecule has 0 aliphatic carbocycles. The predicted octanol–water partition coefficient (Wildman–Crippen LogP) is 3.00. The summed E-state index contributed by atoms with van der Waals surface area (Å²) in [5.74, 6) is -0.555. The van der Waals surface area contributed by atoms with Crippen molar-refractivity contribution >= 4 is 0 Å². The summed E-state index contributed by atoms with van der Waals surface area (Å²) < 4.78 is 41.7. The molecular weight excluding hydrogens is 364 g/mol. The monoisotopic (exact) mass is 394 g/mol. The molecule has 0 N–H and O–H groups in total. The lowest BCUT2D eigenvalue weighted by molar-refractivity contribution is -0.243. The molecule has 0 aromatic heterocycles. The van der Waals surface area contributed by atoms with Gasteiger partial charge in [-0.2, -0.15) is 0 Å². The van der Waals surface area contributed by atoms with E-state index in [1.54, 1.807) is 0 Å². The highest BCUT2D eigenvalue weighted by molar-refractivity contribution is 5.26. The van der Waals surface area contributed by atoms with Crippen LogP contribution >= 0.6 is 0 Å². The summed E-state index contributed by atoms with van der Waals surface area (Å²) >= 11 is 0. The molecule has 0 radical (unpaired) electrons. The minimum atomic E-state index is -0.714. The van der Waals surface area contributed by atoms with Gasteiger partial charge < -0.3 is 33.2 Å². The van der Waals surface area contributed by atoms with Crippen LogP contribution in [0.25, 0.3) is 0 Å². The van der Waals surface area contributed by atoms with E-state index in [1.165, 1.54) is 0 Å². The molecule has 28 heavy (non-hydrogen) atoms. The third-order valence-electron chi connectivity index (χ3n) is 5.04. The summed E-state index contributed by atoms with van der Waals surface area (Å²) in [6.45, 7) is 11.0. The Morgan fingerprint density at radius 3 is 2.21 bits per heavy atom. The van der Waals surface area contributed by atoms with Gasteiger partial charge in [0.15, 0.2) is 17.9 Å². The van der Waals surface area contributed by atoms with Gasteiger partial charge in [-0.3, -0.25) is 0 Å². The Balaban J connectivity index is 1.38. The molecule has 0 amide bonds. The van der Waals surface area contributed by atoms with Gasteiger partial charge in [-0.15, -0.1) is 0 Å². The number of ether oxygens (including phenoxy) is 7. The fourth-order valence-corrected chi connectivity index (χ4v) is 3.97. The zero-order valence-electron chi connectivity index (χ0n) is 17.2. The van der Waals surface area contributed by atoms with E-state index >= 15 is 0 Å². The Morgan fingerprint density at radius 1 is 0.857 bits per heavy atom. The first-order valence-electron chi connectivity index (χ1n) is 9.92. The molecule has 156 valence electrons. The molecule has 3 aliphatic heterocycles. The van der Waals surface area contributed by atoms with Gasteiger partial charge in [0.25, 0.3) is 0 Å². The summed E-state index contributed by atoms with van der Waals surface area (Å²) in [7, 11) is 0. The summed E-state index contributed by atoms with van der Waals surface area (Å²) in [6, 6.07) is 7.89. The first-order chi connectivity index (χ1) is 13.3. The fourth-order valence-electron chi connectivity index (χ4n) is 3.97. The molecule has 0 unspecified atom stereocenters.